The molecule has 4 aromatic rings. The van der Waals surface area contributed by atoms with Crippen molar-refractivity contribution in [2.24, 2.45) is 0 Å². The quantitative estimate of drug-likeness (QED) is 0.334. The molecule has 5 rings (SSSR count). The number of anilines is 1. The van der Waals surface area contributed by atoms with Gasteiger partial charge in [-0.15, -0.1) is 0 Å². The van der Waals surface area contributed by atoms with E-state index in [9.17, 15) is 0 Å². The number of allylic oxidation sites excluding steroid dienone is 3. The Morgan fingerprint density at radius 2 is 1.32 bits per heavy atom. The van der Waals surface area contributed by atoms with Gasteiger partial charge in [-0.3, -0.25) is 0 Å². The molecule has 0 atom stereocenters. The Balaban J connectivity index is 1.49. The molecule has 0 aromatic heterocycles. The lowest BCUT2D eigenvalue weighted by Crippen LogP contribution is -2.18. The second-order valence-corrected chi connectivity index (χ2v) is 9.63. The van der Waals surface area contributed by atoms with Crippen molar-refractivity contribution < 1.29 is 0 Å². The lowest BCUT2D eigenvalue weighted by molar-refractivity contribution is 0.529. The van der Waals surface area contributed by atoms with E-state index in [4.69, 9.17) is 0 Å². The van der Waals surface area contributed by atoms with Gasteiger partial charge in [-0.25, -0.2) is 0 Å². The van der Waals surface area contributed by atoms with Crippen molar-refractivity contribution >= 4 is 5.69 Å². The van der Waals surface area contributed by atoms with Gasteiger partial charge in [-0.2, -0.15) is 0 Å². The molecule has 0 fully saturated rings. The van der Waals surface area contributed by atoms with Crippen molar-refractivity contribution in [1.82, 2.24) is 0 Å². The highest BCUT2D eigenvalue weighted by Gasteiger charge is 2.22. The number of nitrogens with one attached hydrogen (secondary N) is 1. The van der Waals surface area contributed by atoms with Crippen molar-refractivity contribution in [3.63, 3.8) is 0 Å². The van der Waals surface area contributed by atoms with Crippen LogP contribution in [-0.2, 0) is 11.8 Å². The maximum atomic E-state index is 3.70. The third kappa shape index (κ3) is 4.75. The maximum absolute atomic E-state index is 3.70. The minimum Gasteiger partial charge on any atom is -0.356 e. The number of benzene rings is 4. The predicted octanol–water partition coefficient (Wildman–Crippen LogP) is 8.80. The van der Waals surface area contributed by atoms with Gasteiger partial charge in [0.25, 0.3) is 0 Å². The van der Waals surface area contributed by atoms with Crippen LogP contribution in [0, 0.1) is 0 Å². The highest BCUT2D eigenvalue weighted by atomic mass is 14.9. The molecule has 1 aliphatic carbocycles. The van der Waals surface area contributed by atoms with E-state index in [0.717, 1.165) is 24.2 Å². The van der Waals surface area contributed by atoms with Crippen LogP contribution in [0.15, 0.2) is 127 Å². The van der Waals surface area contributed by atoms with Crippen LogP contribution in [0.3, 0.4) is 0 Å². The van der Waals surface area contributed by atoms with E-state index in [1.54, 1.807) is 0 Å². The number of hydrogen-bond acceptors (Lipinski definition) is 1. The summed E-state index contributed by atoms with van der Waals surface area (Å²) in [6.45, 7) is 4.68. The van der Waals surface area contributed by atoms with Crippen molar-refractivity contribution in [2.75, 3.05) is 5.32 Å². The summed E-state index contributed by atoms with van der Waals surface area (Å²) < 4.78 is 0. The molecule has 0 heterocycles. The molecule has 0 unspecified atom stereocenters. The van der Waals surface area contributed by atoms with Gasteiger partial charge in [-0.05, 0) is 69.8 Å². The highest BCUT2D eigenvalue weighted by Crippen LogP contribution is 2.36. The smallest absolute Gasteiger partial charge is 0.0390 e. The van der Waals surface area contributed by atoms with Crippen LogP contribution >= 0.6 is 0 Å². The number of hydrogen-bond donors (Lipinski definition) is 1. The topological polar surface area (TPSA) is 12.0 Å². The maximum Gasteiger partial charge on any atom is 0.0390 e. The predicted molar refractivity (Wildman–Crippen MR) is 146 cm³/mol. The summed E-state index contributed by atoms with van der Waals surface area (Å²) in [6.07, 6.45) is 8.76. The van der Waals surface area contributed by atoms with Gasteiger partial charge in [-0.1, -0.05) is 117 Å². The summed E-state index contributed by atoms with van der Waals surface area (Å²) in [4.78, 5) is 0. The zero-order valence-corrected chi connectivity index (χ0v) is 20.0. The number of fused-ring (bicyclic) bond motifs is 1. The first-order valence-corrected chi connectivity index (χ1v) is 12.1. The second-order valence-electron chi connectivity index (χ2n) is 9.63. The first-order valence-electron chi connectivity index (χ1n) is 12.1. The van der Waals surface area contributed by atoms with Crippen LogP contribution in [0.2, 0.25) is 0 Å². The van der Waals surface area contributed by atoms with Gasteiger partial charge < -0.3 is 5.32 Å². The summed E-state index contributed by atoms with van der Waals surface area (Å²) >= 11 is 0. The molecule has 0 saturated carbocycles. The molecule has 1 aliphatic rings. The van der Waals surface area contributed by atoms with Gasteiger partial charge in [0.2, 0.25) is 0 Å². The summed E-state index contributed by atoms with van der Waals surface area (Å²) in [5, 5.41) is 3.70. The molecule has 0 spiro atoms. The monoisotopic (exact) mass is 441 g/mol. The van der Waals surface area contributed by atoms with Gasteiger partial charge in [0.1, 0.15) is 0 Å². The molecular weight excluding hydrogens is 410 g/mol. The molecule has 0 amide bonds. The lowest BCUT2D eigenvalue weighted by Gasteiger charge is -2.26. The third-order valence-electron chi connectivity index (χ3n) is 6.69. The largest absolute Gasteiger partial charge is 0.356 e. The van der Waals surface area contributed by atoms with Crippen molar-refractivity contribution in [3.05, 3.63) is 138 Å². The molecule has 1 nitrogen and oxygen atoms in total. The van der Waals surface area contributed by atoms with Gasteiger partial charge in [0.05, 0.1) is 0 Å². The van der Waals surface area contributed by atoms with Crippen LogP contribution in [0.5, 0.6) is 0 Å². The first kappa shape index (κ1) is 22.0. The Labute approximate surface area is 203 Å². The lowest BCUT2D eigenvalue weighted by atomic mass is 9.78. The van der Waals surface area contributed by atoms with Crippen LogP contribution < -0.4 is 5.32 Å². The Hall–Kier alpha value is -3.84. The van der Waals surface area contributed by atoms with E-state index in [2.05, 4.69) is 141 Å². The third-order valence-corrected chi connectivity index (χ3v) is 6.69. The molecule has 0 radical (unpaired) electrons. The minimum atomic E-state index is 0.0852. The Bertz CT molecular complexity index is 1330. The SMILES string of the molecule is CC1(C)C/C=C(Nc2ccc(-c3ccccc3)c(-c3ccccc3)c2)\C=C/Cc2ccccc21. The van der Waals surface area contributed by atoms with Crippen LogP contribution in [-0.4, -0.2) is 0 Å². The molecule has 168 valence electrons. The Kier molecular flexibility index (Phi) is 6.18. The molecule has 1 N–H and O–H groups in total. The standard InChI is InChI=1S/C33H31N/c1-33(2)23-22-28(18-11-17-27-16-9-10-19-32(27)33)34-29-20-21-30(25-12-5-3-6-13-25)31(24-29)26-14-7-4-8-15-26/h3-16,18-22,24,34H,17,23H2,1-2H3/b18-11-,28-22+. The average Bonchev–Trinajstić information content (AvgIpc) is 2.94. The first-order chi connectivity index (χ1) is 16.6. The minimum absolute atomic E-state index is 0.0852. The zero-order chi connectivity index (χ0) is 23.4. The second kappa shape index (κ2) is 9.57. The van der Waals surface area contributed by atoms with E-state index in [0.29, 0.717) is 0 Å². The summed E-state index contributed by atoms with van der Waals surface area (Å²) in [6, 6.07) is 36.8. The van der Waals surface area contributed by atoms with Crippen LogP contribution in [0.1, 0.15) is 31.4 Å². The van der Waals surface area contributed by atoms with E-state index in [1.165, 1.54) is 33.4 Å². The fourth-order valence-corrected chi connectivity index (χ4v) is 4.82. The van der Waals surface area contributed by atoms with Crippen molar-refractivity contribution in [1.29, 1.82) is 0 Å². The fraction of sp³-hybridized carbons (Fsp3) is 0.152. The zero-order valence-electron chi connectivity index (χ0n) is 20.0. The van der Waals surface area contributed by atoms with Gasteiger partial charge in [0, 0.05) is 11.4 Å². The molecule has 0 aliphatic heterocycles. The van der Waals surface area contributed by atoms with Crippen LogP contribution in [0.25, 0.3) is 22.3 Å². The average molecular weight is 442 g/mol. The van der Waals surface area contributed by atoms with Crippen molar-refractivity contribution in [2.45, 2.75) is 32.1 Å². The normalized spacial score (nSPS) is 17.3. The van der Waals surface area contributed by atoms with E-state index in [-0.39, 0.29) is 5.41 Å². The van der Waals surface area contributed by atoms with Gasteiger partial charge >= 0.3 is 0 Å². The van der Waals surface area contributed by atoms with Crippen molar-refractivity contribution in [3.8, 4) is 22.3 Å². The Morgan fingerprint density at radius 3 is 2.06 bits per heavy atom. The molecule has 4 aromatic carbocycles. The highest BCUT2D eigenvalue weighted by molar-refractivity contribution is 5.86. The summed E-state index contributed by atoms with van der Waals surface area (Å²) in [5.74, 6) is 0. The summed E-state index contributed by atoms with van der Waals surface area (Å²) in [7, 11) is 0. The molecule has 1 heteroatoms. The molecule has 0 bridgehead atoms. The number of rotatable bonds is 4. The fourth-order valence-electron chi connectivity index (χ4n) is 4.82. The van der Waals surface area contributed by atoms with Gasteiger partial charge in [0.15, 0.2) is 0 Å². The molecule has 34 heavy (non-hydrogen) atoms. The van der Waals surface area contributed by atoms with E-state index >= 15 is 0 Å². The Morgan fingerprint density at radius 1 is 0.676 bits per heavy atom. The van der Waals surface area contributed by atoms with E-state index < -0.39 is 0 Å². The molecular formula is C33H31N. The molecule has 0 saturated heterocycles. The van der Waals surface area contributed by atoms with E-state index in [1.807, 2.05) is 0 Å². The summed E-state index contributed by atoms with van der Waals surface area (Å²) in [5.41, 5.74) is 10.1. The van der Waals surface area contributed by atoms with Crippen LogP contribution in [0.4, 0.5) is 5.69 Å².